The molecule has 2 saturated heterocycles. The Hall–Kier alpha value is -1.90. The van der Waals surface area contributed by atoms with Gasteiger partial charge in [0.25, 0.3) is 0 Å². The molecular formula is C20H23Cl2FN4O3. The molecule has 2 atom stereocenters. The number of rotatable bonds is 1. The minimum atomic E-state index is -0.617. The van der Waals surface area contributed by atoms with Crippen LogP contribution in [0.25, 0.3) is 10.8 Å². The first-order valence-electron chi connectivity index (χ1n) is 9.70. The molecule has 2 aliphatic heterocycles. The van der Waals surface area contributed by atoms with Crippen molar-refractivity contribution in [2.45, 2.75) is 45.4 Å². The molecule has 2 bridgehead atoms. The zero-order valence-corrected chi connectivity index (χ0v) is 18.7. The van der Waals surface area contributed by atoms with Crippen LogP contribution >= 0.6 is 23.2 Å². The van der Waals surface area contributed by atoms with Gasteiger partial charge in [0.2, 0.25) is 0 Å². The molecule has 0 spiro atoms. The van der Waals surface area contributed by atoms with Crippen molar-refractivity contribution in [2.75, 3.05) is 31.2 Å². The van der Waals surface area contributed by atoms with Crippen LogP contribution in [0.4, 0.5) is 15.0 Å². The van der Waals surface area contributed by atoms with Gasteiger partial charge in [-0.1, -0.05) is 23.2 Å². The maximum atomic E-state index is 14.8. The first-order chi connectivity index (χ1) is 14.1. The van der Waals surface area contributed by atoms with Gasteiger partial charge in [0.1, 0.15) is 16.6 Å². The van der Waals surface area contributed by atoms with Crippen LogP contribution in [0.2, 0.25) is 10.3 Å². The number of fused-ring (bicyclic) bond motifs is 3. The van der Waals surface area contributed by atoms with Gasteiger partial charge in [-0.25, -0.2) is 19.2 Å². The number of ether oxygens (including phenoxy) is 2. The lowest BCUT2D eigenvalue weighted by molar-refractivity contribution is -0.0665. The summed E-state index contributed by atoms with van der Waals surface area (Å²) < 4.78 is 26.0. The van der Waals surface area contributed by atoms with Crippen LogP contribution in [0.15, 0.2) is 6.20 Å². The summed E-state index contributed by atoms with van der Waals surface area (Å²) >= 11 is 12.2. The van der Waals surface area contributed by atoms with E-state index in [1.165, 1.54) is 6.20 Å². The van der Waals surface area contributed by atoms with E-state index in [0.29, 0.717) is 48.5 Å². The van der Waals surface area contributed by atoms with Crippen molar-refractivity contribution in [3.8, 4) is 0 Å². The van der Waals surface area contributed by atoms with Crippen LogP contribution in [0.5, 0.6) is 0 Å². The molecule has 0 aromatic carbocycles. The van der Waals surface area contributed by atoms with Crippen molar-refractivity contribution in [3.05, 3.63) is 27.9 Å². The lowest BCUT2D eigenvalue weighted by atomic mass is 10.0. The third-order valence-electron chi connectivity index (χ3n) is 5.28. The third kappa shape index (κ3) is 3.76. The van der Waals surface area contributed by atoms with Crippen molar-refractivity contribution in [3.63, 3.8) is 0 Å². The second-order valence-corrected chi connectivity index (χ2v) is 9.36. The minimum absolute atomic E-state index is 0.203. The number of hydrogen-bond acceptors (Lipinski definition) is 6. The number of aryl methyl sites for hydroxylation is 1. The Kier molecular flexibility index (Phi) is 5.45. The topological polar surface area (TPSA) is 67.8 Å². The Morgan fingerprint density at radius 3 is 2.47 bits per heavy atom. The van der Waals surface area contributed by atoms with Gasteiger partial charge in [-0.3, -0.25) is 4.90 Å². The molecule has 2 aliphatic rings. The summed E-state index contributed by atoms with van der Waals surface area (Å²) in [7, 11) is 0. The van der Waals surface area contributed by atoms with Crippen molar-refractivity contribution in [1.82, 2.24) is 14.9 Å². The summed E-state index contributed by atoms with van der Waals surface area (Å²) in [5.74, 6) is -0.0995. The standard InChI is InChI=1S/C20H23Cl2FN4O3/c1-10-14-13(5-24-17(22)15(14)23)18(25-16(10)21)26-6-11-8-29-9-12(7-26)27(11)19(28)30-20(2,3)4/h5,11-12H,6-9H2,1-4H3. The Balaban J connectivity index is 1.71. The van der Waals surface area contributed by atoms with Crippen molar-refractivity contribution >= 4 is 45.9 Å². The first-order valence-corrected chi connectivity index (χ1v) is 10.5. The fraction of sp³-hybridized carbons (Fsp3) is 0.550. The molecule has 30 heavy (non-hydrogen) atoms. The molecule has 162 valence electrons. The number of nitrogens with zero attached hydrogens (tertiary/aromatic N) is 4. The predicted molar refractivity (Wildman–Crippen MR) is 113 cm³/mol. The average molecular weight is 457 g/mol. The molecule has 2 aromatic rings. The maximum absolute atomic E-state index is 14.8. The molecule has 1 amide bonds. The van der Waals surface area contributed by atoms with Crippen LogP contribution in [0, 0.1) is 12.7 Å². The third-order valence-corrected chi connectivity index (χ3v) is 5.91. The largest absolute Gasteiger partial charge is 0.444 e. The van der Waals surface area contributed by atoms with E-state index in [-0.39, 0.29) is 28.5 Å². The van der Waals surface area contributed by atoms with Gasteiger partial charge in [-0.05, 0) is 33.3 Å². The zero-order valence-electron chi connectivity index (χ0n) is 17.2. The Morgan fingerprint density at radius 2 is 1.87 bits per heavy atom. The van der Waals surface area contributed by atoms with Crippen LogP contribution in [-0.2, 0) is 9.47 Å². The fourth-order valence-corrected chi connectivity index (χ4v) is 4.35. The number of morpholine rings is 1. The van der Waals surface area contributed by atoms with E-state index in [2.05, 4.69) is 9.97 Å². The number of carbonyl (C=O) groups excluding carboxylic acids is 1. The molecule has 7 nitrogen and oxygen atoms in total. The summed E-state index contributed by atoms with van der Waals surface area (Å²) in [6, 6.07) is -0.455. The number of halogens is 3. The van der Waals surface area contributed by atoms with Gasteiger partial charge in [0, 0.05) is 30.1 Å². The summed E-state index contributed by atoms with van der Waals surface area (Å²) in [6.45, 7) is 8.86. The summed E-state index contributed by atoms with van der Waals surface area (Å²) in [5.41, 5.74) is -0.0817. The first kappa shape index (κ1) is 21.3. The van der Waals surface area contributed by atoms with E-state index in [1.807, 2.05) is 25.7 Å². The number of hydrogen-bond donors (Lipinski definition) is 0. The van der Waals surface area contributed by atoms with Crippen molar-refractivity contribution in [1.29, 1.82) is 0 Å². The Morgan fingerprint density at radius 1 is 1.23 bits per heavy atom. The number of amides is 1. The second-order valence-electron chi connectivity index (χ2n) is 8.64. The molecule has 0 saturated carbocycles. The highest BCUT2D eigenvalue weighted by Gasteiger charge is 2.43. The van der Waals surface area contributed by atoms with Gasteiger partial charge >= 0.3 is 6.09 Å². The van der Waals surface area contributed by atoms with Crippen molar-refractivity contribution < 1.29 is 18.7 Å². The minimum Gasteiger partial charge on any atom is -0.444 e. The van der Waals surface area contributed by atoms with E-state index < -0.39 is 11.4 Å². The quantitative estimate of drug-likeness (QED) is 0.598. The van der Waals surface area contributed by atoms with Crippen LogP contribution in [-0.4, -0.2) is 64.9 Å². The molecule has 4 rings (SSSR count). The molecule has 2 fully saturated rings. The van der Waals surface area contributed by atoms with E-state index in [9.17, 15) is 9.18 Å². The van der Waals surface area contributed by atoms with Gasteiger partial charge in [-0.15, -0.1) is 0 Å². The normalized spacial score (nSPS) is 21.8. The lowest BCUT2D eigenvalue weighted by Gasteiger charge is -2.49. The number of carbonyl (C=O) groups is 1. The fourth-order valence-electron chi connectivity index (χ4n) is 4.03. The van der Waals surface area contributed by atoms with Gasteiger partial charge in [0.05, 0.1) is 25.3 Å². The molecule has 0 aliphatic carbocycles. The number of anilines is 1. The predicted octanol–water partition coefficient (Wildman–Crippen LogP) is 4.21. The SMILES string of the molecule is Cc1c(Cl)nc(N2CC3COCC(C2)N3C(=O)OC(C)(C)C)c2cnc(Cl)c(F)c12. The van der Waals surface area contributed by atoms with Crippen molar-refractivity contribution in [2.24, 2.45) is 0 Å². The second kappa shape index (κ2) is 7.66. The smallest absolute Gasteiger partial charge is 0.411 e. The molecule has 2 unspecified atom stereocenters. The zero-order chi connectivity index (χ0) is 21.8. The highest BCUT2D eigenvalue weighted by atomic mass is 35.5. The number of piperazine rings is 1. The number of aromatic nitrogens is 2. The van der Waals surface area contributed by atoms with E-state index in [4.69, 9.17) is 32.7 Å². The Bertz CT molecular complexity index is 992. The van der Waals surface area contributed by atoms with E-state index in [1.54, 1.807) is 11.8 Å². The van der Waals surface area contributed by atoms with Crippen LogP contribution < -0.4 is 4.90 Å². The lowest BCUT2D eigenvalue weighted by Crippen LogP contribution is -2.66. The van der Waals surface area contributed by atoms with Crippen LogP contribution in [0.3, 0.4) is 0 Å². The van der Waals surface area contributed by atoms with Gasteiger partial charge in [-0.2, -0.15) is 0 Å². The molecule has 4 heterocycles. The summed E-state index contributed by atoms with van der Waals surface area (Å²) in [4.78, 5) is 25.0. The van der Waals surface area contributed by atoms with Gasteiger partial charge < -0.3 is 14.4 Å². The maximum Gasteiger partial charge on any atom is 0.411 e. The molecule has 2 aromatic heterocycles. The molecule has 0 radical (unpaired) electrons. The summed E-state index contributed by atoms with van der Waals surface area (Å²) in [5, 5.41) is 0.831. The summed E-state index contributed by atoms with van der Waals surface area (Å²) in [6.07, 6.45) is 1.15. The number of pyridine rings is 2. The van der Waals surface area contributed by atoms with E-state index in [0.717, 1.165) is 0 Å². The highest BCUT2D eigenvalue weighted by Crippen LogP contribution is 2.36. The average Bonchev–Trinajstić information content (AvgIpc) is 2.64. The molecular weight excluding hydrogens is 434 g/mol. The molecule has 0 N–H and O–H groups in total. The molecule has 10 heteroatoms. The highest BCUT2D eigenvalue weighted by molar-refractivity contribution is 6.32. The Labute approximate surface area is 184 Å². The monoisotopic (exact) mass is 456 g/mol. The van der Waals surface area contributed by atoms with E-state index >= 15 is 0 Å². The van der Waals surface area contributed by atoms with Crippen LogP contribution in [0.1, 0.15) is 26.3 Å². The van der Waals surface area contributed by atoms with Gasteiger partial charge in [0.15, 0.2) is 11.0 Å².